The molecular formula is C34H39N5O4S. The molecule has 4 aromatic rings. The van der Waals surface area contributed by atoms with Crippen LogP contribution in [0.4, 0.5) is 5.82 Å². The monoisotopic (exact) mass is 613 g/mol. The summed E-state index contributed by atoms with van der Waals surface area (Å²) in [7, 11) is 3.22. The van der Waals surface area contributed by atoms with Gasteiger partial charge in [-0.3, -0.25) is 19.5 Å². The highest BCUT2D eigenvalue weighted by Gasteiger charge is 2.40. The number of nitrogens with one attached hydrogen (secondary N) is 1. The van der Waals surface area contributed by atoms with Crippen LogP contribution in [0.2, 0.25) is 0 Å². The number of aryl methyl sites for hydroxylation is 2. The number of aromatic nitrogens is 3. The normalized spacial score (nSPS) is 15.0. The molecule has 0 aliphatic carbocycles. The third-order valence-electron chi connectivity index (χ3n) is 7.60. The minimum Gasteiger partial charge on any atom is -0.493 e. The number of rotatable bonds is 8. The SMILES string of the molecule is COc1ccc(C2SCC(=O)N(CC(=O)NCc3cccnc3)c3c2c(C(C)(C)C)nn3-c2ccc(C)cc2C)cc1OC. The summed E-state index contributed by atoms with van der Waals surface area (Å²) in [5, 5.41) is 7.92. The maximum absolute atomic E-state index is 14.0. The maximum Gasteiger partial charge on any atom is 0.240 e. The maximum atomic E-state index is 14.0. The van der Waals surface area contributed by atoms with Crippen molar-refractivity contribution in [1.82, 2.24) is 20.1 Å². The van der Waals surface area contributed by atoms with E-state index in [1.165, 1.54) is 11.8 Å². The van der Waals surface area contributed by atoms with Gasteiger partial charge in [0.05, 0.1) is 36.6 Å². The molecular weight excluding hydrogens is 574 g/mol. The second-order valence-corrected chi connectivity index (χ2v) is 13.1. The predicted molar refractivity (Wildman–Crippen MR) is 174 cm³/mol. The molecule has 0 spiro atoms. The lowest BCUT2D eigenvalue weighted by atomic mass is 9.87. The molecule has 0 fully saturated rings. The lowest BCUT2D eigenvalue weighted by molar-refractivity contribution is -0.123. The Hall–Kier alpha value is -4.31. The molecule has 5 rings (SSSR count). The molecule has 0 saturated carbocycles. The summed E-state index contributed by atoms with van der Waals surface area (Å²) >= 11 is 1.53. The lowest BCUT2D eigenvalue weighted by Gasteiger charge is -2.25. The van der Waals surface area contributed by atoms with Crippen LogP contribution in [0, 0.1) is 13.8 Å². The topological polar surface area (TPSA) is 98.6 Å². The van der Waals surface area contributed by atoms with Crippen LogP contribution in [0.15, 0.2) is 60.9 Å². The first-order chi connectivity index (χ1) is 21.0. The Morgan fingerprint density at radius 2 is 1.84 bits per heavy atom. The summed E-state index contributed by atoms with van der Waals surface area (Å²) in [5.41, 5.74) is 6.22. The molecule has 2 aromatic carbocycles. The number of anilines is 1. The van der Waals surface area contributed by atoms with Crippen molar-refractivity contribution >= 4 is 29.4 Å². The molecule has 0 bridgehead atoms. The zero-order chi connectivity index (χ0) is 31.6. The summed E-state index contributed by atoms with van der Waals surface area (Å²) in [6.45, 7) is 10.6. The number of hydrogen-bond donors (Lipinski definition) is 1. The molecule has 1 atom stereocenters. The van der Waals surface area contributed by atoms with Crippen LogP contribution in [0.5, 0.6) is 11.5 Å². The van der Waals surface area contributed by atoms with E-state index >= 15 is 0 Å². The molecule has 2 amide bonds. The van der Waals surface area contributed by atoms with E-state index in [0.717, 1.165) is 39.2 Å². The highest BCUT2D eigenvalue weighted by atomic mass is 32.2. The molecule has 10 heteroatoms. The fourth-order valence-corrected chi connectivity index (χ4v) is 6.65. The standard InChI is InChI=1S/C34H39N5O4S/c1-21-10-12-25(22(2)15-21)39-33-30(32(37-39)34(3,4)5)31(24-11-13-26(42-6)27(16-24)43-7)44-20-29(41)38(33)19-28(40)36-18-23-9-8-14-35-17-23/h8-17,31H,18-20H2,1-7H3,(H,36,40). The summed E-state index contributed by atoms with van der Waals surface area (Å²) in [4.78, 5) is 33.2. The third kappa shape index (κ3) is 6.31. The van der Waals surface area contributed by atoms with Gasteiger partial charge in [0.25, 0.3) is 0 Å². The van der Waals surface area contributed by atoms with Crippen LogP contribution < -0.4 is 19.7 Å². The molecule has 9 nitrogen and oxygen atoms in total. The zero-order valence-electron chi connectivity index (χ0n) is 26.3. The molecule has 230 valence electrons. The number of hydrogen-bond acceptors (Lipinski definition) is 7. The third-order valence-corrected chi connectivity index (χ3v) is 8.86. The van der Waals surface area contributed by atoms with Gasteiger partial charge in [-0.2, -0.15) is 5.10 Å². The first-order valence-electron chi connectivity index (χ1n) is 14.5. The smallest absolute Gasteiger partial charge is 0.240 e. The number of benzene rings is 2. The van der Waals surface area contributed by atoms with Gasteiger partial charge in [0.2, 0.25) is 11.8 Å². The number of methoxy groups -OCH3 is 2. The second kappa shape index (κ2) is 12.7. The number of carbonyl (C=O) groups is 2. The van der Waals surface area contributed by atoms with E-state index in [2.05, 4.69) is 37.1 Å². The van der Waals surface area contributed by atoms with E-state index in [1.54, 1.807) is 31.5 Å². The number of carbonyl (C=O) groups excluding carboxylic acids is 2. The number of pyridine rings is 1. The van der Waals surface area contributed by atoms with E-state index in [0.29, 0.717) is 23.9 Å². The number of thioether (sulfide) groups is 1. The molecule has 3 heterocycles. The van der Waals surface area contributed by atoms with Crippen LogP contribution >= 0.6 is 11.8 Å². The number of ether oxygens (including phenoxy) is 2. The van der Waals surface area contributed by atoms with Gasteiger partial charge in [-0.25, -0.2) is 4.68 Å². The number of fused-ring (bicyclic) bond motifs is 1. The van der Waals surface area contributed by atoms with Crippen molar-refractivity contribution in [1.29, 1.82) is 0 Å². The summed E-state index contributed by atoms with van der Waals surface area (Å²) in [5.74, 6) is 1.58. The van der Waals surface area contributed by atoms with Crippen LogP contribution in [-0.4, -0.2) is 53.1 Å². The van der Waals surface area contributed by atoms with Crippen molar-refractivity contribution in [3.05, 3.63) is 94.4 Å². The predicted octanol–water partition coefficient (Wildman–Crippen LogP) is 5.68. The minimum absolute atomic E-state index is 0.147. The Morgan fingerprint density at radius 1 is 1.07 bits per heavy atom. The highest BCUT2D eigenvalue weighted by Crippen LogP contribution is 2.49. The first-order valence-corrected chi connectivity index (χ1v) is 15.6. The van der Waals surface area contributed by atoms with Crippen LogP contribution in [0.25, 0.3) is 5.69 Å². The highest BCUT2D eigenvalue weighted by molar-refractivity contribution is 8.00. The first kappa shape index (κ1) is 31.1. The van der Waals surface area contributed by atoms with Gasteiger partial charge in [0.15, 0.2) is 11.5 Å². The van der Waals surface area contributed by atoms with Crippen molar-refractivity contribution in [2.45, 2.75) is 51.8 Å². The largest absolute Gasteiger partial charge is 0.493 e. The van der Waals surface area contributed by atoms with Crippen LogP contribution in [-0.2, 0) is 21.5 Å². The van der Waals surface area contributed by atoms with E-state index in [4.69, 9.17) is 14.6 Å². The van der Waals surface area contributed by atoms with E-state index < -0.39 is 0 Å². The summed E-state index contributed by atoms with van der Waals surface area (Å²) in [6.07, 6.45) is 3.40. The molecule has 0 radical (unpaired) electrons. The zero-order valence-corrected chi connectivity index (χ0v) is 27.1. The van der Waals surface area contributed by atoms with Gasteiger partial charge in [0, 0.05) is 29.9 Å². The minimum atomic E-state index is -0.370. The Kier molecular flexibility index (Phi) is 9.01. The van der Waals surface area contributed by atoms with Gasteiger partial charge in [0.1, 0.15) is 12.4 Å². The van der Waals surface area contributed by atoms with Gasteiger partial charge >= 0.3 is 0 Å². The van der Waals surface area contributed by atoms with Gasteiger partial charge in [-0.15, -0.1) is 11.8 Å². The lowest BCUT2D eigenvalue weighted by Crippen LogP contribution is -2.42. The molecule has 1 N–H and O–H groups in total. The van der Waals surface area contributed by atoms with Crippen molar-refractivity contribution < 1.29 is 19.1 Å². The van der Waals surface area contributed by atoms with E-state index in [1.807, 2.05) is 61.0 Å². The molecule has 2 aromatic heterocycles. The Balaban J connectivity index is 1.69. The summed E-state index contributed by atoms with van der Waals surface area (Å²) < 4.78 is 13.0. The Morgan fingerprint density at radius 3 is 2.50 bits per heavy atom. The Bertz CT molecular complexity index is 1680. The second-order valence-electron chi connectivity index (χ2n) is 12.0. The molecule has 1 unspecified atom stereocenters. The average Bonchev–Trinajstić information content (AvgIpc) is 3.33. The molecule has 44 heavy (non-hydrogen) atoms. The van der Waals surface area contributed by atoms with Crippen molar-refractivity contribution in [2.75, 3.05) is 31.4 Å². The Labute approximate surface area is 263 Å². The fourth-order valence-electron chi connectivity index (χ4n) is 5.47. The fraction of sp³-hybridized carbons (Fsp3) is 0.353. The van der Waals surface area contributed by atoms with Crippen molar-refractivity contribution in [2.24, 2.45) is 0 Å². The molecule has 1 aliphatic rings. The number of amides is 2. The average molecular weight is 614 g/mol. The van der Waals surface area contributed by atoms with Gasteiger partial charge in [-0.05, 0) is 54.8 Å². The summed E-state index contributed by atoms with van der Waals surface area (Å²) in [6, 6.07) is 15.7. The van der Waals surface area contributed by atoms with Crippen molar-refractivity contribution in [3.8, 4) is 17.2 Å². The number of nitrogens with zero attached hydrogens (tertiary/aromatic N) is 4. The van der Waals surface area contributed by atoms with E-state index in [-0.39, 0.29) is 34.8 Å². The van der Waals surface area contributed by atoms with Crippen LogP contribution in [0.1, 0.15) is 59.5 Å². The quantitative estimate of drug-likeness (QED) is 0.273. The van der Waals surface area contributed by atoms with Crippen LogP contribution in [0.3, 0.4) is 0 Å². The van der Waals surface area contributed by atoms with E-state index in [9.17, 15) is 9.59 Å². The van der Waals surface area contributed by atoms with Gasteiger partial charge < -0.3 is 14.8 Å². The van der Waals surface area contributed by atoms with Crippen molar-refractivity contribution in [3.63, 3.8) is 0 Å². The van der Waals surface area contributed by atoms with Gasteiger partial charge in [-0.1, -0.05) is 50.6 Å². The molecule has 0 saturated heterocycles. The molecule has 1 aliphatic heterocycles.